The van der Waals surface area contributed by atoms with Gasteiger partial charge in [-0.1, -0.05) is 67.8 Å². The van der Waals surface area contributed by atoms with Gasteiger partial charge in [0, 0.05) is 20.2 Å². The lowest BCUT2D eigenvalue weighted by Gasteiger charge is -2.06. The molecular formula is C22H16Br2N4O. The van der Waals surface area contributed by atoms with E-state index in [2.05, 4.69) is 47.3 Å². The molecular weight excluding hydrogens is 496 g/mol. The largest absolute Gasteiger partial charge is 0.319 e. The van der Waals surface area contributed by atoms with Crippen LogP contribution >= 0.6 is 31.9 Å². The van der Waals surface area contributed by atoms with Gasteiger partial charge in [0.05, 0.1) is 5.69 Å². The summed E-state index contributed by atoms with van der Waals surface area (Å²) < 4.78 is 3.54. The molecule has 0 fully saturated rings. The van der Waals surface area contributed by atoms with E-state index in [9.17, 15) is 4.79 Å². The third-order valence-corrected chi connectivity index (χ3v) is 5.30. The lowest BCUT2D eigenvalue weighted by molar-refractivity contribution is 0.101. The zero-order chi connectivity index (χ0) is 20.4. The first-order chi connectivity index (χ1) is 14.0. The van der Waals surface area contributed by atoms with Crippen molar-refractivity contribution in [1.82, 2.24) is 14.8 Å². The normalized spacial score (nSPS) is 10.7. The first kappa shape index (κ1) is 19.5. The molecule has 0 aliphatic rings. The van der Waals surface area contributed by atoms with Crippen LogP contribution in [0.4, 0.5) is 5.69 Å². The highest BCUT2D eigenvalue weighted by molar-refractivity contribution is 9.10. The lowest BCUT2D eigenvalue weighted by Crippen LogP contribution is -2.14. The molecule has 0 atom stereocenters. The number of aromatic nitrogens is 3. The van der Waals surface area contributed by atoms with Gasteiger partial charge in [0.1, 0.15) is 0 Å². The molecule has 0 radical (unpaired) electrons. The number of amides is 1. The summed E-state index contributed by atoms with van der Waals surface area (Å²) in [6.07, 6.45) is 0. The minimum Gasteiger partial charge on any atom is -0.319 e. The molecule has 3 aromatic carbocycles. The van der Waals surface area contributed by atoms with Gasteiger partial charge in [0.25, 0.3) is 5.91 Å². The molecule has 0 spiro atoms. The van der Waals surface area contributed by atoms with Crippen molar-refractivity contribution in [2.75, 3.05) is 5.32 Å². The van der Waals surface area contributed by atoms with E-state index in [0.29, 0.717) is 11.5 Å². The van der Waals surface area contributed by atoms with Crippen LogP contribution in [0.5, 0.6) is 0 Å². The Bertz CT molecular complexity index is 1110. The molecule has 7 heteroatoms. The molecule has 1 aromatic heterocycles. The molecule has 0 aliphatic heterocycles. The van der Waals surface area contributed by atoms with Crippen molar-refractivity contribution < 1.29 is 4.79 Å². The van der Waals surface area contributed by atoms with Crippen molar-refractivity contribution in [3.8, 4) is 17.1 Å². The van der Waals surface area contributed by atoms with Crippen LogP contribution in [0.1, 0.15) is 16.2 Å². The molecule has 0 saturated heterocycles. The number of hydrogen-bond donors (Lipinski definition) is 1. The van der Waals surface area contributed by atoms with Gasteiger partial charge in [-0.25, -0.2) is 9.67 Å². The average Bonchev–Trinajstić information content (AvgIpc) is 3.15. The summed E-state index contributed by atoms with van der Waals surface area (Å²) >= 11 is 6.86. The second-order valence-electron chi connectivity index (χ2n) is 6.48. The van der Waals surface area contributed by atoms with Crippen molar-refractivity contribution in [3.05, 3.63) is 93.1 Å². The van der Waals surface area contributed by atoms with E-state index >= 15 is 0 Å². The Balaban J connectivity index is 1.75. The number of anilines is 1. The first-order valence-corrected chi connectivity index (χ1v) is 10.5. The Morgan fingerprint density at radius 3 is 2.34 bits per heavy atom. The minimum absolute atomic E-state index is 0.100. The molecule has 0 bridgehead atoms. The van der Waals surface area contributed by atoms with Gasteiger partial charge >= 0.3 is 0 Å². The van der Waals surface area contributed by atoms with Gasteiger partial charge in [-0.2, -0.15) is 0 Å². The highest BCUT2D eigenvalue weighted by Gasteiger charge is 2.19. The number of hydrogen-bond acceptors (Lipinski definition) is 3. The number of nitrogens with zero attached hydrogens (tertiary/aromatic N) is 3. The van der Waals surface area contributed by atoms with Crippen molar-refractivity contribution in [2.45, 2.75) is 6.92 Å². The van der Waals surface area contributed by atoms with E-state index in [1.807, 2.05) is 79.7 Å². The molecule has 144 valence electrons. The fraction of sp³-hybridized carbons (Fsp3) is 0.0455. The number of carbonyl (C=O) groups is 1. The van der Waals surface area contributed by atoms with Gasteiger partial charge in [-0.05, 0) is 49.4 Å². The third-order valence-electron chi connectivity index (χ3n) is 4.27. The van der Waals surface area contributed by atoms with Crippen LogP contribution in [0.25, 0.3) is 17.1 Å². The highest BCUT2D eigenvalue weighted by atomic mass is 79.9. The molecule has 0 unspecified atom stereocenters. The van der Waals surface area contributed by atoms with E-state index in [4.69, 9.17) is 0 Å². The number of benzene rings is 3. The van der Waals surface area contributed by atoms with E-state index in [1.54, 1.807) is 4.68 Å². The van der Waals surface area contributed by atoms with Crippen LogP contribution in [0.15, 0.2) is 81.7 Å². The van der Waals surface area contributed by atoms with Crippen molar-refractivity contribution in [2.24, 2.45) is 0 Å². The number of rotatable bonds is 4. The Morgan fingerprint density at radius 1 is 0.931 bits per heavy atom. The number of carbonyl (C=O) groups excluding carboxylic acids is 1. The van der Waals surface area contributed by atoms with Gasteiger partial charge in [0.15, 0.2) is 5.82 Å². The van der Waals surface area contributed by atoms with Crippen LogP contribution in [-0.4, -0.2) is 20.7 Å². The number of nitrogens with one attached hydrogen (secondary N) is 1. The van der Waals surface area contributed by atoms with Crippen molar-refractivity contribution >= 4 is 43.5 Å². The summed E-state index contributed by atoms with van der Waals surface area (Å²) in [5, 5.41) is 7.34. The SMILES string of the molecule is Cc1ccc(-n2nc(C(=O)Nc3cccc(Br)c3)nc2-c2ccc(Br)cc2)cc1. The van der Waals surface area contributed by atoms with Crippen LogP contribution in [0.2, 0.25) is 0 Å². The van der Waals surface area contributed by atoms with Gasteiger partial charge in [-0.3, -0.25) is 4.79 Å². The predicted octanol–water partition coefficient (Wildman–Crippen LogP) is 6.02. The van der Waals surface area contributed by atoms with Crippen molar-refractivity contribution in [3.63, 3.8) is 0 Å². The standard InChI is InChI=1S/C22H16Br2N4O/c1-14-5-11-19(12-6-14)28-21(15-7-9-16(23)10-8-15)26-20(27-28)22(29)25-18-4-2-3-17(24)13-18/h2-13H,1H3,(H,25,29). The van der Waals surface area contributed by atoms with Crippen LogP contribution in [-0.2, 0) is 0 Å². The smallest absolute Gasteiger partial charge is 0.295 e. The fourth-order valence-electron chi connectivity index (χ4n) is 2.81. The summed E-state index contributed by atoms with van der Waals surface area (Å²) in [5.74, 6) is 0.330. The zero-order valence-electron chi connectivity index (χ0n) is 15.4. The Hall–Kier alpha value is -2.77. The molecule has 1 N–H and O–H groups in total. The van der Waals surface area contributed by atoms with Crippen molar-refractivity contribution in [1.29, 1.82) is 0 Å². The summed E-state index contributed by atoms with van der Waals surface area (Å²) in [5.41, 5.74) is 3.51. The molecule has 1 amide bonds. The summed E-state index contributed by atoms with van der Waals surface area (Å²) in [4.78, 5) is 17.3. The van der Waals surface area contributed by atoms with E-state index in [1.165, 1.54) is 0 Å². The Kier molecular flexibility index (Phi) is 5.60. The minimum atomic E-state index is -0.368. The van der Waals surface area contributed by atoms with Gasteiger partial charge in [-0.15, -0.1) is 5.10 Å². The quantitative estimate of drug-likeness (QED) is 0.364. The predicted molar refractivity (Wildman–Crippen MR) is 121 cm³/mol. The molecule has 0 saturated carbocycles. The molecule has 0 aliphatic carbocycles. The zero-order valence-corrected chi connectivity index (χ0v) is 18.6. The second-order valence-corrected chi connectivity index (χ2v) is 8.31. The highest BCUT2D eigenvalue weighted by Crippen LogP contribution is 2.24. The van der Waals surface area contributed by atoms with Crippen LogP contribution in [0.3, 0.4) is 0 Å². The van der Waals surface area contributed by atoms with E-state index in [0.717, 1.165) is 25.8 Å². The Labute approximate surface area is 185 Å². The molecule has 5 nitrogen and oxygen atoms in total. The summed E-state index contributed by atoms with van der Waals surface area (Å²) in [7, 11) is 0. The average molecular weight is 512 g/mol. The monoisotopic (exact) mass is 510 g/mol. The maximum absolute atomic E-state index is 12.8. The van der Waals surface area contributed by atoms with Crippen LogP contribution in [0, 0.1) is 6.92 Å². The van der Waals surface area contributed by atoms with E-state index < -0.39 is 0 Å². The fourth-order valence-corrected chi connectivity index (χ4v) is 3.48. The van der Waals surface area contributed by atoms with Gasteiger partial charge < -0.3 is 5.32 Å². The Morgan fingerprint density at radius 2 is 1.66 bits per heavy atom. The van der Waals surface area contributed by atoms with Gasteiger partial charge in [0.2, 0.25) is 5.82 Å². The number of halogens is 2. The lowest BCUT2D eigenvalue weighted by atomic mass is 10.2. The van der Waals surface area contributed by atoms with Crippen LogP contribution < -0.4 is 5.32 Å². The maximum Gasteiger partial charge on any atom is 0.295 e. The third kappa shape index (κ3) is 4.46. The molecule has 4 aromatic rings. The second kappa shape index (κ2) is 8.31. The topological polar surface area (TPSA) is 59.8 Å². The first-order valence-electron chi connectivity index (χ1n) is 8.86. The molecule has 4 rings (SSSR count). The maximum atomic E-state index is 12.8. The summed E-state index contributed by atoms with van der Waals surface area (Å²) in [6.45, 7) is 2.03. The molecule has 1 heterocycles. The van der Waals surface area contributed by atoms with E-state index in [-0.39, 0.29) is 11.7 Å². The molecule has 29 heavy (non-hydrogen) atoms. The summed E-state index contributed by atoms with van der Waals surface area (Å²) in [6, 6.07) is 23.1. The number of aryl methyl sites for hydroxylation is 1.